The van der Waals surface area contributed by atoms with E-state index in [1.165, 1.54) is 12.1 Å². The molecule has 6 nitrogen and oxygen atoms in total. The third-order valence-corrected chi connectivity index (χ3v) is 5.80. The smallest absolute Gasteiger partial charge is 0.320 e. The molecule has 2 aromatic heterocycles. The summed E-state index contributed by atoms with van der Waals surface area (Å²) in [6.45, 7) is 7.63. The van der Waals surface area contributed by atoms with Gasteiger partial charge in [0.05, 0.1) is 13.7 Å². The second kappa shape index (κ2) is 8.90. The Morgan fingerprint density at radius 3 is 2.62 bits per heavy atom. The Hall–Kier alpha value is -2.93. The molecular weight excluding hydrogens is 409 g/mol. The fraction of sp³-hybridized carbons (Fsp3) is 0.440. The van der Waals surface area contributed by atoms with Gasteiger partial charge in [-0.05, 0) is 82.6 Å². The number of rotatable bonds is 5. The first-order valence-corrected chi connectivity index (χ1v) is 11.0. The van der Waals surface area contributed by atoms with E-state index in [2.05, 4.69) is 20.9 Å². The highest BCUT2D eigenvalue weighted by Crippen LogP contribution is 2.37. The van der Waals surface area contributed by atoms with Gasteiger partial charge in [0.2, 0.25) is 0 Å². The van der Waals surface area contributed by atoms with E-state index < -0.39 is 5.60 Å². The number of aromatic nitrogens is 2. The molecule has 3 aromatic rings. The Morgan fingerprint density at radius 2 is 1.94 bits per heavy atom. The van der Waals surface area contributed by atoms with E-state index in [9.17, 15) is 9.18 Å². The number of ether oxygens (including phenoxy) is 2. The summed E-state index contributed by atoms with van der Waals surface area (Å²) in [5.74, 6) is 0.483. The number of esters is 1. The molecule has 32 heavy (non-hydrogen) atoms. The number of piperidine rings is 1. The molecule has 1 saturated heterocycles. The highest BCUT2D eigenvalue weighted by molar-refractivity contribution is 5.95. The van der Waals surface area contributed by atoms with Gasteiger partial charge in [-0.1, -0.05) is 0 Å². The van der Waals surface area contributed by atoms with Gasteiger partial charge in [-0.2, -0.15) is 0 Å². The largest absolute Gasteiger partial charge is 0.496 e. The number of carbonyl (C=O) groups is 1. The van der Waals surface area contributed by atoms with Gasteiger partial charge >= 0.3 is 5.97 Å². The number of nitrogens with zero attached hydrogens (tertiary/aromatic N) is 2. The zero-order chi connectivity index (χ0) is 22.9. The van der Waals surface area contributed by atoms with Crippen molar-refractivity contribution in [3.8, 4) is 16.9 Å². The summed E-state index contributed by atoms with van der Waals surface area (Å²) >= 11 is 0. The monoisotopic (exact) mass is 439 g/mol. The number of likely N-dealkylation sites (tertiary alicyclic amines) is 1. The first-order valence-electron chi connectivity index (χ1n) is 11.0. The van der Waals surface area contributed by atoms with Crippen LogP contribution >= 0.6 is 0 Å². The number of hydrogen-bond donors (Lipinski definition) is 1. The molecule has 1 aliphatic heterocycles. The van der Waals surface area contributed by atoms with Gasteiger partial charge in [-0.15, -0.1) is 0 Å². The van der Waals surface area contributed by atoms with Gasteiger partial charge in [-0.25, -0.2) is 9.37 Å². The molecule has 0 bridgehead atoms. The van der Waals surface area contributed by atoms with Crippen molar-refractivity contribution in [3.63, 3.8) is 0 Å². The molecule has 0 saturated carbocycles. The second-order valence-electron chi connectivity index (χ2n) is 9.33. The summed E-state index contributed by atoms with van der Waals surface area (Å²) in [7, 11) is 1.59. The van der Waals surface area contributed by atoms with Gasteiger partial charge in [0.1, 0.15) is 22.8 Å². The fourth-order valence-corrected chi connectivity index (χ4v) is 4.35. The highest BCUT2D eigenvalue weighted by Gasteiger charge is 2.26. The van der Waals surface area contributed by atoms with Crippen LogP contribution in [0.15, 0.2) is 36.5 Å². The minimum Gasteiger partial charge on any atom is -0.496 e. The number of fused-ring (bicyclic) bond motifs is 1. The minimum atomic E-state index is -0.463. The van der Waals surface area contributed by atoms with Crippen molar-refractivity contribution in [1.29, 1.82) is 0 Å². The number of nitrogens with one attached hydrogen (secondary N) is 1. The third-order valence-electron chi connectivity index (χ3n) is 5.80. The van der Waals surface area contributed by atoms with Crippen LogP contribution in [0.1, 0.15) is 45.2 Å². The van der Waals surface area contributed by atoms with Crippen molar-refractivity contribution >= 4 is 17.0 Å². The maximum absolute atomic E-state index is 14.0. The van der Waals surface area contributed by atoms with E-state index in [0.717, 1.165) is 48.2 Å². The number of methoxy groups -OCH3 is 1. The lowest BCUT2D eigenvalue weighted by Crippen LogP contribution is -2.39. The number of benzene rings is 1. The predicted molar refractivity (Wildman–Crippen MR) is 122 cm³/mol. The van der Waals surface area contributed by atoms with Crippen LogP contribution in [0.3, 0.4) is 0 Å². The van der Waals surface area contributed by atoms with Crippen molar-refractivity contribution in [2.24, 2.45) is 0 Å². The van der Waals surface area contributed by atoms with Gasteiger partial charge in [-0.3, -0.25) is 9.69 Å². The minimum absolute atomic E-state index is 0.181. The SMILES string of the molecule is COc1ccc(F)cc1-c1ccnc2[nH]c(C3CCN(CC(=O)OC(C)(C)C)CC3)cc12. The van der Waals surface area contributed by atoms with Crippen molar-refractivity contribution in [2.75, 3.05) is 26.7 Å². The molecule has 0 aliphatic carbocycles. The first kappa shape index (κ1) is 22.3. The summed E-state index contributed by atoms with van der Waals surface area (Å²) in [6, 6.07) is 8.55. The number of H-pyrrole nitrogens is 1. The highest BCUT2D eigenvalue weighted by atomic mass is 19.1. The number of carbonyl (C=O) groups excluding carboxylic acids is 1. The molecule has 170 valence electrons. The van der Waals surface area contributed by atoms with Crippen LogP contribution in [0.2, 0.25) is 0 Å². The molecule has 1 fully saturated rings. The molecule has 0 radical (unpaired) electrons. The van der Waals surface area contributed by atoms with Gasteiger partial charge in [0.15, 0.2) is 0 Å². The van der Waals surface area contributed by atoms with Gasteiger partial charge < -0.3 is 14.5 Å². The molecular formula is C25H30FN3O3. The standard InChI is InChI=1S/C25H30FN3O3/c1-25(2,3)32-23(30)15-29-11-8-16(9-12-29)21-14-20-18(7-10-27-24(20)28-21)19-13-17(26)5-6-22(19)31-4/h5-7,10,13-14,16H,8-9,11-12,15H2,1-4H3,(H,27,28). The van der Waals surface area contributed by atoms with Crippen molar-refractivity contribution < 1.29 is 18.7 Å². The first-order chi connectivity index (χ1) is 15.2. The number of aromatic amines is 1. The van der Waals surface area contributed by atoms with Crippen molar-refractivity contribution in [2.45, 2.75) is 45.1 Å². The number of halogens is 1. The molecule has 0 unspecified atom stereocenters. The summed E-state index contributed by atoms with van der Waals surface area (Å²) < 4.78 is 24.9. The molecule has 1 N–H and O–H groups in total. The summed E-state index contributed by atoms with van der Waals surface area (Å²) in [6.07, 6.45) is 3.61. The van der Waals surface area contributed by atoms with E-state index >= 15 is 0 Å². The zero-order valence-corrected chi connectivity index (χ0v) is 19.1. The van der Waals surface area contributed by atoms with E-state index in [1.54, 1.807) is 19.4 Å². The van der Waals surface area contributed by atoms with E-state index in [4.69, 9.17) is 9.47 Å². The van der Waals surface area contributed by atoms with E-state index in [-0.39, 0.29) is 11.8 Å². The molecule has 7 heteroatoms. The molecule has 4 rings (SSSR count). The topological polar surface area (TPSA) is 67.5 Å². The average Bonchev–Trinajstić information content (AvgIpc) is 3.17. The van der Waals surface area contributed by atoms with E-state index in [1.807, 2.05) is 26.8 Å². The van der Waals surface area contributed by atoms with Gasteiger partial charge in [0.25, 0.3) is 0 Å². The van der Waals surface area contributed by atoms with Crippen molar-refractivity contribution in [3.05, 3.63) is 48.0 Å². The molecule has 0 atom stereocenters. The maximum atomic E-state index is 14.0. The maximum Gasteiger partial charge on any atom is 0.320 e. The summed E-state index contributed by atoms with van der Waals surface area (Å²) in [5, 5.41) is 0.947. The Morgan fingerprint density at radius 1 is 1.19 bits per heavy atom. The Kier molecular flexibility index (Phi) is 6.20. The Bertz CT molecular complexity index is 1110. The third kappa shape index (κ3) is 4.93. The van der Waals surface area contributed by atoms with Crippen LogP contribution in [-0.4, -0.2) is 53.2 Å². The summed E-state index contributed by atoms with van der Waals surface area (Å²) in [4.78, 5) is 22.2. The average molecular weight is 440 g/mol. The van der Waals surface area contributed by atoms with Crippen LogP contribution in [-0.2, 0) is 9.53 Å². The Labute approximate surface area is 187 Å². The molecule has 1 aromatic carbocycles. The lowest BCUT2D eigenvalue weighted by Gasteiger charge is -2.31. The molecule has 0 spiro atoms. The zero-order valence-electron chi connectivity index (χ0n) is 19.1. The van der Waals surface area contributed by atoms with Crippen molar-refractivity contribution in [1.82, 2.24) is 14.9 Å². The Balaban J connectivity index is 1.51. The molecule has 1 aliphatic rings. The fourth-order valence-electron chi connectivity index (χ4n) is 4.35. The predicted octanol–water partition coefficient (Wildman–Crippen LogP) is 4.90. The normalized spacial score (nSPS) is 15.8. The number of pyridine rings is 1. The number of hydrogen-bond acceptors (Lipinski definition) is 5. The molecule has 0 amide bonds. The van der Waals surface area contributed by atoms with Crippen LogP contribution in [0, 0.1) is 5.82 Å². The second-order valence-corrected chi connectivity index (χ2v) is 9.33. The summed E-state index contributed by atoms with van der Waals surface area (Å²) in [5.41, 5.74) is 3.02. The van der Waals surface area contributed by atoms with E-state index in [0.29, 0.717) is 23.8 Å². The van der Waals surface area contributed by atoms with Crippen LogP contribution < -0.4 is 4.74 Å². The lowest BCUT2D eigenvalue weighted by molar-refractivity contribution is -0.156. The van der Waals surface area contributed by atoms with Crippen LogP contribution in [0.5, 0.6) is 5.75 Å². The van der Waals surface area contributed by atoms with Crippen LogP contribution in [0.4, 0.5) is 4.39 Å². The lowest BCUT2D eigenvalue weighted by atomic mass is 9.93. The van der Waals surface area contributed by atoms with Gasteiger partial charge in [0, 0.05) is 28.8 Å². The van der Waals surface area contributed by atoms with Crippen LogP contribution in [0.25, 0.3) is 22.2 Å². The quantitative estimate of drug-likeness (QED) is 0.573. The molecule has 3 heterocycles.